The molecule has 0 amide bonds. The summed E-state index contributed by atoms with van der Waals surface area (Å²) in [6.45, 7) is 9.32. The Morgan fingerprint density at radius 1 is 1.28 bits per heavy atom. The zero-order valence-electron chi connectivity index (χ0n) is 15.7. The Hall–Kier alpha value is -2.30. The second-order valence-electron chi connectivity index (χ2n) is 6.44. The molecule has 0 radical (unpaired) electrons. The van der Waals surface area contributed by atoms with E-state index < -0.39 is 17.4 Å². The van der Waals surface area contributed by atoms with Crippen LogP contribution < -0.4 is 9.47 Å². The first-order valence-electron chi connectivity index (χ1n) is 8.41. The molecule has 0 aliphatic carbocycles. The van der Waals surface area contributed by atoms with Crippen molar-refractivity contribution in [3.8, 4) is 11.5 Å². The van der Waals surface area contributed by atoms with E-state index in [2.05, 4.69) is 13.0 Å². The summed E-state index contributed by atoms with van der Waals surface area (Å²) in [6, 6.07) is 3.56. The number of fused-ring (bicyclic) bond motifs is 1. The van der Waals surface area contributed by atoms with Crippen LogP contribution in [0, 0.1) is 0 Å². The van der Waals surface area contributed by atoms with Crippen LogP contribution in [0.4, 0.5) is 4.39 Å². The van der Waals surface area contributed by atoms with Crippen LogP contribution in [0.2, 0.25) is 0 Å². The molecule has 4 nitrogen and oxygen atoms in total. The number of methoxy groups -OCH3 is 1. The van der Waals surface area contributed by atoms with E-state index in [1.165, 1.54) is 7.11 Å². The van der Waals surface area contributed by atoms with Gasteiger partial charge in [-0.15, -0.1) is 0 Å². The number of halogens is 1. The van der Waals surface area contributed by atoms with E-state index in [0.717, 1.165) is 17.6 Å². The standard InChI is InChI=1S/C20H25FO4/c1-7-13-11-20(4,5)25-17-10-16(23-6)14(9-15(13)17)12(3)18(21)19(22)24-8-2/h9-11H,7-8H2,1-6H3. The van der Waals surface area contributed by atoms with Crippen molar-refractivity contribution in [1.82, 2.24) is 0 Å². The number of hydrogen-bond acceptors (Lipinski definition) is 4. The summed E-state index contributed by atoms with van der Waals surface area (Å²) in [5.41, 5.74) is 2.26. The van der Waals surface area contributed by atoms with Gasteiger partial charge in [-0.25, -0.2) is 4.79 Å². The Bertz CT molecular complexity index is 744. The summed E-state index contributed by atoms with van der Waals surface area (Å²) in [6.07, 6.45) is 2.88. The summed E-state index contributed by atoms with van der Waals surface area (Å²) in [5, 5.41) is 0. The fourth-order valence-corrected chi connectivity index (χ4v) is 2.93. The lowest BCUT2D eigenvalue weighted by atomic mass is 9.90. The normalized spacial score (nSPS) is 16.2. The number of esters is 1. The van der Waals surface area contributed by atoms with Crippen molar-refractivity contribution in [2.75, 3.05) is 13.7 Å². The van der Waals surface area contributed by atoms with Crippen molar-refractivity contribution >= 4 is 17.1 Å². The summed E-state index contributed by atoms with van der Waals surface area (Å²) < 4.78 is 30.6. The van der Waals surface area contributed by atoms with Crippen molar-refractivity contribution in [3.05, 3.63) is 35.2 Å². The third kappa shape index (κ3) is 3.86. The summed E-state index contributed by atoms with van der Waals surface area (Å²) in [5.74, 6) is -0.749. The largest absolute Gasteiger partial charge is 0.496 e. The highest BCUT2D eigenvalue weighted by Gasteiger charge is 2.28. The number of ether oxygens (including phenoxy) is 3. The molecule has 0 unspecified atom stereocenters. The third-order valence-electron chi connectivity index (χ3n) is 4.11. The number of allylic oxidation sites excluding steroid dienone is 2. The Balaban J connectivity index is 2.62. The summed E-state index contributed by atoms with van der Waals surface area (Å²) in [7, 11) is 1.51. The van der Waals surface area contributed by atoms with Crippen molar-refractivity contribution in [3.63, 3.8) is 0 Å². The minimum atomic E-state index is -0.969. The van der Waals surface area contributed by atoms with Crippen LogP contribution >= 0.6 is 0 Å². The van der Waals surface area contributed by atoms with Gasteiger partial charge in [0.2, 0.25) is 5.83 Å². The SMILES string of the molecule is CCOC(=O)C(F)=C(C)c1cc2c(cc1OC)OC(C)(C)C=C2CC. The summed E-state index contributed by atoms with van der Waals surface area (Å²) in [4.78, 5) is 11.7. The maximum Gasteiger partial charge on any atom is 0.367 e. The first-order valence-corrected chi connectivity index (χ1v) is 8.41. The molecule has 1 aliphatic rings. The van der Waals surface area contributed by atoms with Crippen molar-refractivity contribution in [1.29, 1.82) is 0 Å². The fraction of sp³-hybridized carbons (Fsp3) is 0.450. The lowest BCUT2D eigenvalue weighted by molar-refractivity contribution is -0.140. The third-order valence-corrected chi connectivity index (χ3v) is 4.11. The Kier molecular flexibility index (Phi) is 5.55. The molecule has 1 aromatic rings. The number of carbonyl (C=O) groups is 1. The zero-order valence-corrected chi connectivity index (χ0v) is 15.7. The molecule has 0 aromatic heterocycles. The minimum absolute atomic E-state index is 0.118. The smallest absolute Gasteiger partial charge is 0.367 e. The first-order chi connectivity index (χ1) is 11.7. The lowest BCUT2D eigenvalue weighted by Gasteiger charge is -2.32. The molecule has 136 valence electrons. The van der Waals surface area contributed by atoms with E-state index in [-0.39, 0.29) is 12.2 Å². The van der Waals surface area contributed by atoms with Crippen molar-refractivity contribution in [2.45, 2.75) is 46.6 Å². The van der Waals surface area contributed by atoms with Crippen LogP contribution in [0.15, 0.2) is 24.0 Å². The van der Waals surface area contributed by atoms with Crippen LogP contribution in [0.3, 0.4) is 0 Å². The molecule has 0 spiro atoms. The number of carbonyl (C=O) groups excluding carboxylic acids is 1. The van der Waals surface area contributed by atoms with Crippen LogP contribution in [-0.4, -0.2) is 25.3 Å². The minimum Gasteiger partial charge on any atom is -0.496 e. The molecule has 0 bridgehead atoms. The highest BCUT2D eigenvalue weighted by molar-refractivity contribution is 5.96. The molecule has 0 saturated carbocycles. The molecule has 2 rings (SSSR count). The summed E-state index contributed by atoms with van der Waals surface area (Å²) >= 11 is 0. The van der Waals surface area contributed by atoms with Gasteiger partial charge in [-0.2, -0.15) is 4.39 Å². The maximum atomic E-state index is 14.4. The highest BCUT2D eigenvalue weighted by Crippen LogP contribution is 2.43. The second-order valence-corrected chi connectivity index (χ2v) is 6.44. The van der Waals surface area contributed by atoms with Gasteiger partial charge in [0.1, 0.15) is 17.1 Å². The second kappa shape index (κ2) is 7.30. The molecular formula is C20H25FO4. The van der Waals surface area contributed by atoms with Crippen molar-refractivity contribution < 1.29 is 23.4 Å². The maximum absolute atomic E-state index is 14.4. The first kappa shape index (κ1) is 19.0. The predicted molar refractivity (Wildman–Crippen MR) is 96.3 cm³/mol. The van der Waals surface area contributed by atoms with E-state index in [1.54, 1.807) is 19.9 Å². The topological polar surface area (TPSA) is 44.8 Å². The van der Waals surface area contributed by atoms with Gasteiger partial charge in [0, 0.05) is 22.8 Å². The molecular weight excluding hydrogens is 323 g/mol. The van der Waals surface area contributed by atoms with Crippen LogP contribution in [-0.2, 0) is 9.53 Å². The monoisotopic (exact) mass is 348 g/mol. The Labute approximate surface area is 148 Å². The van der Waals surface area contributed by atoms with E-state index in [1.807, 2.05) is 19.9 Å². The van der Waals surface area contributed by atoms with E-state index in [4.69, 9.17) is 14.2 Å². The number of rotatable bonds is 5. The molecule has 1 aromatic carbocycles. The Morgan fingerprint density at radius 3 is 2.52 bits per heavy atom. The predicted octanol–water partition coefficient (Wildman–Crippen LogP) is 4.92. The van der Waals surface area contributed by atoms with Gasteiger partial charge in [0.05, 0.1) is 13.7 Å². The van der Waals surface area contributed by atoms with Crippen LogP contribution in [0.25, 0.3) is 11.1 Å². The lowest BCUT2D eigenvalue weighted by Crippen LogP contribution is -2.29. The molecule has 1 aliphatic heterocycles. The van der Waals surface area contributed by atoms with Crippen LogP contribution in [0.5, 0.6) is 11.5 Å². The Morgan fingerprint density at radius 2 is 1.96 bits per heavy atom. The van der Waals surface area contributed by atoms with Gasteiger partial charge >= 0.3 is 5.97 Å². The average Bonchev–Trinajstić information content (AvgIpc) is 2.57. The van der Waals surface area contributed by atoms with Gasteiger partial charge in [0.25, 0.3) is 0 Å². The van der Waals surface area contributed by atoms with Gasteiger partial charge < -0.3 is 14.2 Å². The van der Waals surface area contributed by atoms with Crippen molar-refractivity contribution in [2.24, 2.45) is 0 Å². The van der Waals surface area contributed by atoms with E-state index in [9.17, 15) is 9.18 Å². The molecule has 0 atom stereocenters. The number of hydrogen-bond donors (Lipinski definition) is 0. The quantitative estimate of drug-likeness (QED) is 0.559. The average molecular weight is 348 g/mol. The van der Waals surface area contributed by atoms with Gasteiger partial charge in [-0.3, -0.25) is 0 Å². The zero-order chi connectivity index (χ0) is 18.8. The molecule has 0 saturated heterocycles. The van der Waals surface area contributed by atoms with Gasteiger partial charge in [0.15, 0.2) is 0 Å². The number of benzene rings is 1. The highest BCUT2D eigenvalue weighted by atomic mass is 19.1. The van der Waals surface area contributed by atoms with E-state index >= 15 is 0 Å². The van der Waals surface area contributed by atoms with E-state index in [0.29, 0.717) is 17.1 Å². The fourth-order valence-electron chi connectivity index (χ4n) is 2.93. The molecule has 0 N–H and O–H groups in total. The molecule has 0 fully saturated rings. The molecule has 25 heavy (non-hydrogen) atoms. The van der Waals surface area contributed by atoms with Gasteiger partial charge in [-0.1, -0.05) is 6.92 Å². The molecule has 1 heterocycles. The van der Waals surface area contributed by atoms with Gasteiger partial charge in [-0.05, 0) is 51.8 Å². The van der Waals surface area contributed by atoms with Crippen LogP contribution in [0.1, 0.15) is 52.2 Å². The molecule has 5 heteroatoms.